The molecule has 24 heavy (non-hydrogen) atoms. The van der Waals surface area contributed by atoms with Gasteiger partial charge in [-0.2, -0.15) is 0 Å². The van der Waals surface area contributed by atoms with Crippen molar-refractivity contribution in [2.45, 2.75) is 12.5 Å². The van der Waals surface area contributed by atoms with Gasteiger partial charge in [0.2, 0.25) is 5.91 Å². The summed E-state index contributed by atoms with van der Waals surface area (Å²) < 4.78 is 32.0. The van der Waals surface area contributed by atoms with Crippen LogP contribution < -0.4 is 5.73 Å². The van der Waals surface area contributed by atoms with Crippen molar-refractivity contribution in [3.8, 4) is 0 Å². The lowest BCUT2D eigenvalue weighted by atomic mass is 10.1. The predicted octanol–water partition coefficient (Wildman–Crippen LogP) is 2.69. The fraction of sp³-hybridized carbons (Fsp3) is 0.278. The van der Waals surface area contributed by atoms with E-state index >= 15 is 0 Å². The van der Waals surface area contributed by atoms with Gasteiger partial charge < -0.3 is 15.4 Å². The minimum atomic E-state index is -0.915. The Kier molecular flexibility index (Phi) is 4.76. The zero-order valence-corrected chi connectivity index (χ0v) is 13.0. The lowest BCUT2D eigenvalue weighted by Crippen LogP contribution is -2.43. The number of nitrogens with zero attached hydrogens (tertiary/aromatic N) is 1. The van der Waals surface area contributed by atoms with Gasteiger partial charge in [-0.05, 0) is 35.4 Å². The fourth-order valence-electron chi connectivity index (χ4n) is 2.71. The normalized spacial score (nSPS) is 17.8. The third-order valence-electron chi connectivity index (χ3n) is 4.07. The van der Waals surface area contributed by atoms with Gasteiger partial charge in [-0.25, -0.2) is 8.78 Å². The number of ether oxygens (including phenoxy) is 1. The Morgan fingerprint density at radius 1 is 1.17 bits per heavy atom. The Morgan fingerprint density at radius 3 is 2.62 bits per heavy atom. The molecule has 1 amide bonds. The number of morpholine rings is 1. The standard InChI is InChI=1S/C18H18F2N2O2/c19-15-6-3-13(10-16(15)20)17-11-22(7-8-24-17)18(23)9-12-1-4-14(21)5-2-12/h1-6,10,17H,7-9,11,21H2. The van der Waals surface area contributed by atoms with Crippen molar-refractivity contribution in [3.05, 3.63) is 65.2 Å². The predicted molar refractivity (Wildman–Crippen MR) is 86.2 cm³/mol. The molecule has 0 radical (unpaired) electrons. The summed E-state index contributed by atoms with van der Waals surface area (Å²) in [6, 6.07) is 10.8. The lowest BCUT2D eigenvalue weighted by Gasteiger charge is -2.33. The van der Waals surface area contributed by atoms with Crippen molar-refractivity contribution < 1.29 is 18.3 Å². The van der Waals surface area contributed by atoms with Crippen LogP contribution in [0.15, 0.2) is 42.5 Å². The van der Waals surface area contributed by atoms with Crippen LogP contribution in [0.1, 0.15) is 17.2 Å². The molecule has 1 aliphatic heterocycles. The minimum absolute atomic E-state index is 0.0318. The van der Waals surface area contributed by atoms with Gasteiger partial charge in [0, 0.05) is 12.2 Å². The van der Waals surface area contributed by atoms with Crippen LogP contribution in [0.2, 0.25) is 0 Å². The van der Waals surface area contributed by atoms with Crippen LogP contribution in [0.5, 0.6) is 0 Å². The van der Waals surface area contributed by atoms with Crippen LogP contribution in [-0.4, -0.2) is 30.5 Å². The van der Waals surface area contributed by atoms with Gasteiger partial charge in [0.15, 0.2) is 11.6 Å². The van der Waals surface area contributed by atoms with E-state index in [1.165, 1.54) is 6.07 Å². The van der Waals surface area contributed by atoms with E-state index in [9.17, 15) is 13.6 Å². The lowest BCUT2D eigenvalue weighted by molar-refractivity contribution is -0.138. The molecular formula is C18H18F2N2O2. The van der Waals surface area contributed by atoms with E-state index in [-0.39, 0.29) is 12.3 Å². The summed E-state index contributed by atoms with van der Waals surface area (Å²) in [6.45, 7) is 1.16. The Hall–Kier alpha value is -2.47. The molecule has 1 fully saturated rings. The van der Waals surface area contributed by atoms with E-state index in [2.05, 4.69) is 0 Å². The number of hydrogen-bond donors (Lipinski definition) is 1. The average molecular weight is 332 g/mol. The first-order valence-electron chi connectivity index (χ1n) is 7.71. The van der Waals surface area contributed by atoms with Crippen molar-refractivity contribution in [1.29, 1.82) is 0 Å². The second-order valence-corrected chi connectivity index (χ2v) is 5.79. The molecule has 1 unspecified atom stereocenters. The quantitative estimate of drug-likeness (QED) is 0.879. The van der Waals surface area contributed by atoms with Crippen molar-refractivity contribution in [2.75, 3.05) is 25.4 Å². The largest absolute Gasteiger partial charge is 0.399 e. The molecule has 2 aromatic carbocycles. The highest BCUT2D eigenvalue weighted by Crippen LogP contribution is 2.24. The number of anilines is 1. The summed E-state index contributed by atoms with van der Waals surface area (Å²) in [5, 5.41) is 0. The number of halogens is 2. The highest BCUT2D eigenvalue weighted by molar-refractivity contribution is 5.79. The molecule has 1 heterocycles. The smallest absolute Gasteiger partial charge is 0.227 e. The van der Waals surface area contributed by atoms with Gasteiger partial charge in [0.1, 0.15) is 6.10 Å². The number of hydrogen-bond acceptors (Lipinski definition) is 3. The Morgan fingerprint density at radius 2 is 1.92 bits per heavy atom. The maximum absolute atomic E-state index is 13.4. The van der Waals surface area contributed by atoms with Gasteiger partial charge in [0.05, 0.1) is 19.6 Å². The highest BCUT2D eigenvalue weighted by atomic mass is 19.2. The number of rotatable bonds is 3. The summed E-state index contributed by atoms with van der Waals surface area (Å²) in [7, 11) is 0. The fourth-order valence-corrected chi connectivity index (χ4v) is 2.71. The number of nitrogen functional groups attached to an aromatic ring is 1. The third-order valence-corrected chi connectivity index (χ3v) is 4.07. The molecule has 0 saturated carbocycles. The van der Waals surface area contributed by atoms with E-state index in [0.717, 1.165) is 17.7 Å². The number of nitrogens with two attached hydrogens (primary N) is 1. The zero-order valence-electron chi connectivity index (χ0n) is 13.0. The summed E-state index contributed by atoms with van der Waals surface area (Å²) in [4.78, 5) is 14.1. The molecule has 3 rings (SSSR count). The number of carbonyl (C=O) groups excluding carboxylic acids is 1. The van der Waals surface area contributed by atoms with Crippen molar-refractivity contribution in [3.63, 3.8) is 0 Å². The molecule has 0 spiro atoms. The van der Waals surface area contributed by atoms with Crippen LogP contribution in [0.25, 0.3) is 0 Å². The summed E-state index contributed by atoms with van der Waals surface area (Å²) in [6.07, 6.45) is -0.186. The number of amides is 1. The molecular weight excluding hydrogens is 314 g/mol. The van der Waals surface area contributed by atoms with Crippen molar-refractivity contribution in [2.24, 2.45) is 0 Å². The monoisotopic (exact) mass is 332 g/mol. The minimum Gasteiger partial charge on any atom is -0.399 e. The molecule has 4 nitrogen and oxygen atoms in total. The molecule has 1 saturated heterocycles. The van der Waals surface area contributed by atoms with E-state index in [4.69, 9.17) is 10.5 Å². The molecule has 1 atom stereocenters. The average Bonchev–Trinajstić information content (AvgIpc) is 2.59. The Labute approximate surface area is 138 Å². The molecule has 2 N–H and O–H groups in total. The van der Waals surface area contributed by atoms with Crippen LogP contribution in [0.4, 0.5) is 14.5 Å². The Balaban J connectivity index is 1.67. The molecule has 126 valence electrons. The topological polar surface area (TPSA) is 55.6 Å². The molecule has 0 bridgehead atoms. The summed E-state index contributed by atoms with van der Waals surface area (Å²) in [5.41, 5.74) is 7.69. The van der Waals surface area contributed by atoms with Crippen molar-refractivity contribution in [1.82, 2.24) is 4.90 Å². The van der Waals surface area contributed by atoms with E-state index in [1.54, 1.807) is 17.0 Å². The molecule has 0 aliphatic carbocycles. The van der Waals surface area contributed by atoms with E-state index < -0.39 is 17.7 Å². The summed E-state index contributed by atoms with van der Waals surface area (Å²) >= 11 is 0. The second-order valence-electron chi connectivity index (χ2n) is 5.79. The van der Waals surface area contributed by atoms with Crippen molar-refractivity contribution >= 4 is 11.6 Å². The van der Waals surface area contributed by atoms with Crippen LogP contribution in [-0.2, 0) is 16.0 Å². The zero-order chi connectivity index (χ0) is 17.1. The molecule has 2 aromatic rings. The maximum Gasteiger partial charge on any atom is 0.227 e. The van der Waals surface area contributed by atoms with Crippen LogP contribution in [0, 0.1) is 11.6 Å². The van der Waals surface area contributed by atoms with Crippen LogP contribution >= 0.6 is 0 Å². The third kappa shape index (κ3) is 3.71. The maximum atomic E-state index is 13.4. The first-order chi connectivity index (χ1) is 11.5. The Bertz CT molecular complexity index is 734. The number of benzene rings is 2. The van der Waals surface area contributed by atoms with Gasteiger partial charge in [-0.1, -0.05) is 18.2 Å². The van der Waals surface area contributed by atoms with Crippen LogP contribution in [0.3, 0.4) is 0 Å². The van der Waals surface area contributed by atoms with Gasteiger partial charge in [0.25, 0.3) is 0 Å². The first kappa shape index (κ1) is 16.4. The first-order valence-corrected chi connectivity index (χ1v) is 7.71. The van der Waals surface area contributed by atoms with Gasteiger partial charge in [-0.3, -0.25) is 4.79 Å². The SMILES string of the molecule is Nc1ccc(CC(=O)N2CCOC(c3ccc(F)c(F)c3)C2)cc1. The van der Waals surface area contributed by atoms with Gasteiger partial charge >= 0.3 is 0 Å². The highest BCUT2D eigenvalue weighted by Gasteiger charge is 2.26. The number of carbonyl (C=O) groups is 1. The van der Waals surface area contributed by atoms with Gasteiger partial charge in [-0.15, -0.1) is 0 Å². The van der Waals surface area contributed by atoms with E-state index in [0.29, 0.717) is 30.9 Å². The molecule has 6 heteroatoms. The molecule has 0 aromatic heterocycles. The summed E-state index contributed by atoms with van der Waals surface area (Å²) in [5.74, 6) is -1.84. The second kappa shape index (κ2) is 6.97. The molecule has 1 aliphatic rings. The van der Waals surface area contributed by atoms with E-state index in [1.807, 2.05) is 12.1 Å².